The van der Waals surface area contributed by atoms with E-state index in [2.05, 4.69) is 49.8 Å². The minimum Gasteiger partial charge on any atom is -0.459 e. The van der Waals surface area contributed by atoms with E-state index in [0.29, 0.717) is 12.5 Å². The quantitative estimate of drug-likeness (QED) is 0.751. The summed E-state index contributed by atoms with van der Waals surface area (Å²) in [5.74, 6) is 2.32. The first-order chi connectivity index (χ1) is 10.7. The number of halogens is 1. The van der Waals surface area contributed by atoms with Crippen LogP contribution >= 0.6 is 15.9 Å². The molecule has 1 N–H and O–H groups in total. The summed E-state index contributed by atoms with van der Waals surface area (Å²) < 4.78 is 8.67. The number of furan rings is 1. The van der Waals surface area contributed by atoms with Gasteiger partial charge in [-0.15, -0.1) is 0 Å². The zero-order chi connectivity index (χ0) is 15.5. The lowest BCUT2D eigenvalue weighted by atomic mass is 10.1. The number of aryl methyl sites for hydroxylation is 2. The van der Waals surface area contributed by atoms with Gasteiger partial charge in [0.2, 0.25) is 5.95 Å². The molecule has 2 heterocycles. The second-order valence-corrected chi connectivity index (χ2v) is 5.76. The fraction of sp³-hybridized carbons (Fsp3) is 0.267. The summed E-state index contributed by atoms with van der Waals surface area (Å²) >= 11 is 3.51. The first-order valence-corrected chi connectivity index (χ1v) is 7.82. The molecule has 6 nitrogen and oxygen atoms in total. The van der Waals surface area contributed by atoms with Crippen LogP contribution < -0.4 is 5.32 Å². The van der Waals surface area contributed by atoms with E-state index in [0.717, 1.165) is 28.1 Å². The molecule has 0 saturated carbocycles. The van der Waals surface area contributed by atoms with Gasteiger partial charge in [-0.2, -0.15) is 0 Å². The molecule has 3 aromatic rings. The van der Waals surface area contributed by atoms with Crippen LogP contribution in [-0.4, -0.2) is 20.2 Å². The SMILES string of the molecule is CCn1nnnc1NCc1ccc(-c2ccc(Br)c(C)c2)o1. The summed E-state index contributed by atoms with van der Waals surface area (Å²) in [7, 11) is 0. The topological polar surface area (TPSA) is 68.8 Å². The third-order valence-electron chi connectivity index (χ3n) is 3.36. The molecule has 7 heteroatoms. The first kappa shape index (κ1) is 14.8. The molecule has 3 rings (SSSR count). The maximum atomic E-state index is 5.88. The van der Waals surface area contributed by atoms with E-state index >= 15 is 0 Å². The number of rotatable bonds is 5. The van der Waals surface area contributed by atoms with E-state index in [-0.39, 0.29) is 0 Å². The Hall–Kier alpha value is -2.15. The molecule has 0 amide bonds. The van der Waals surface area contributed by atoms with Crippen molar-refractivity contribution in [3.63, 3.8) is 0 Å². The van der Waals surface area contributed by atoms with Crippen LogP contribution in [0.1, 0.15) is 18.2 Å². The molecule has 0 saturated heterocycles. The lowest BCUT2D eigenvalue weighted by Gasteiger charge is -2.04. The van der Waals surface area contributed by atoms with Crippen LogP contribution in [-0.2, 0) is 13.1 Å². The molecule has 114 valence electrons. The maximum Gasteiger partial charge on any atom is 0.243 e. The van der Waals surface area contributed by atoms with Crippen molar-refractivity contribution in [2.45, 2.75) is 26.9 Å². The predicted octanol–water partition coefficient (Wildman–Crippen LogP) is 3.64. The maximum absolute atomic E-state index is 5.88. The summed E-state index contributed by atoms with van der Waals surface area (Å²) in [4.78, 5) is 0. The number of nitrogens with zero attached hydrogens (tertiary/aromatic N) is 4. The fourth-order valence-corrected chi connectivity index (χ4v) is 2.38. The molecule has 0 aliphatic heterocycles. The highest BCUT2D eigenvalue weighted by Crippen LogP contribution is 2.26. The minimum absolute atomic E-state index is 0.538. The predicted molar refractivity (Wildman–Crippen MR) is 87.4 cm³/mol. The molecule has 0 aliphatic rings. The van der Waals surface area contributed by atoms with E-state index < -0.39 is 0 Å². The number of hydrogen-bond acceptors (Lipinski definition) is 5. The number of anilines is 1. The van der Waals surface area contributed by atoms with Gasteiger partial charge in [-0.05, 0) is 54.1 Å². The van der Waals surface area contributed by atoms with E-state index in [1.807, 2.05) is 31.2 Å². The molecular formula is C15H16BrN5O. The highest BCUT2D eigenvalue weighted by Gasteiger charge is 2.08. The van der Waals surface area contributed by atoms with Crippen molar-refractivity contribution >= 4 is 21.9 Å². The Kier molecular flexibility index (Phi) is 4.24. The highest BCUT2D eigenvalue weighted by atomic mass is 79.9. The lowest BCUT2D eigenvalue weighted by Crippen LogP contribution is -2.07. The second kappa shape index (κ2) is 6.31. The van der Waals surface area contributed by atoms with Gasteiger partial charge in [-0.1, -0.05) is 27.1 Å². The van der Waals surface area contributed by atoms with Gasteiger partial charge in [0.1, 0.15) is 11.5 Å². The summed E-state index contributed by atoms with van der Waals surface area (Å²) in [5.41, 5.74) is 2.24. The Morgan fingerprint density at radius 3 is 2.91 bits per heavy atom. The van der Waals surface area contributed by atoms with Crippen LogP contribution in [0, 0.1) is 6.92 Å². The Bertz CT molecular complexity index is 780. The lowest BCUT2D eigenvalue weighted by molar-refractivity contribution is 0.529. The largest absolute Gasteiger partial charge is 0.459 e. The fourth-order valence-electron chi connectivity index (χ4n) is 2.14. The van der Waals surface area contributed by atoms with E-state index in [1.54, 1.807) is 4.68 Å². The van der Waals surface area contributed by atoms with Crippen molar-refractivity contribution in [1.82, 2.24) is 20.2 Å². The third-order valence-corrected chi connectivity index (χ3v) is 4.25. The monoisotopic (exact) mass is 361 g/mol. The highest BCUT2D eigenvalue weighted by molar-refractivity contribution is 9.10. The second-order valence-electron chi connectivity index (χ2n) is 4.90. The zero-order valence-electron chi connectivity index (χ0n) is 12.4. The Morgan fingerprint density at radius 1 is 1.27 bits per heavy atom. The molecule has 0 atom stereocenters. The van der Waals surface area contributed by atoms with Crippen LogP contribution in [0.3, 0.4) is 0 Å². The van der Waals surface area contributed by atoms with Crippen LogP contribution in [0.5, 0.6) is 0 Å². The summed E-state index contributed by atoms with van der Waals surface area (Å²) in [6.45, 7) is 5.30. The van der Waals surface area contributed by atoms with Crippen LogP contribution in [0.25, 0.3) is 11.3 Å². The summed E-state index contributed by atoms with van der Waals surface area (Å²) in [6.07, 6.45) is 0. The van der Waals surface area contributed by atoms with Crippen molar-refractivity contribution in [2.75, 3.05) is 5.32 Å². The number of hydrogen-bond donors (Lipinski definition) is 1. The number of benzene rings is 1. The van der Waals surface area contributed by atoms with Crippen molar-refractivity contribution < 1.29 is 4.42 Å². The van der Waals surface area contributed by atoms with E-state index in [9.17, 15) is 0 Å². The Labute approximate surface area is 136 Å². The molecule has 1 aromatic carbocycles. The minimum atomic E-state index is 0.538. The first-order valence-electron chi connectivity index (χ1n) is 7.02. The molecular weight excluding hydrogens is 346 g/mol. The van der Waals surface area contributed by atoms with Crippen LogP contribution in [0.15, 0.2) is 39.2 Å². The van der Waals surface area contributed by atoms with Gasteiger partial charge in [0.25, 0.3) is 0 Å². The molecule has 22 heavy (non-hydrogen) atoms. The van der Waals surface area contributed by atoms with Crippen molar-refractivity contribution in [2.24, 2.45) is 0 Å². The molecule has 2 aromatic heterocycles. The van der Waals surface area contributed by atoms with Crippen molar-refractivity contribution in [3.05, 3.63) is 46.1 Å². The van der Waals surface area contributed by atoms with Crippen molar-refractivity contribution in [3.8, 4) is 11.3 Å². The van der Waals surface area contributed by atoms with E-state index in [4.69, 9.17) is 4.42 Å². The van der Waals surface area contributed by atoms with Crippen LogP contribution in [0.2, 0.25) is 0 Å². The molecule has 0 spiro atoms. The Balaban J connectivity index is 1.72. The van der Waals surface area contributed by atoms with E-state index in [1.165, 1.54) is 5.56 Å². The molecule has 0 aliphatic carbocycles. The number of tetrazole rings is 1. The van der Waals surface area contributed by atoms with Gasteiger partial charge in [0.15, 0.2) is 0 Å². The van der Waals surface area contributed by atoms with Gasteiger partial charge in [-0.3, -0.25) is 0 Å². The average Bonchev–Trinajstić information content (AvgIpc) is 3.16. The van der Waals surface area contributed by atoms with Gasteiger partial charge >= 0.3 is 0 Å². The average molecular weight is 362 g/mol. The van der Waals surface area contributed by atoms with Gasteiger partial charge in [-0.25, -0.2) is 4.68 Å². The summed E-state index contributed by atoms with van der Waals surface area (Å²) in [6, 6.07) is 10.1. The van der Waals surface area contributed by atoms with Crippen LogP contribution in [0.4, 0.5) is 5.95 Å². The third kappa shape index (κ3) is 3.04. The molecule has 0 fully saturated rings. The number of nitrogens with one attached hydrogen (secondary N) is 1. The Morgan fingerprint density at radius 2 is 2.14 bits per heavy atom. The summed E-state index contributed by atoms with van der Waals surface area (Å²) in [5, 5.41) is 14.6. The normalized spacial score (nSPS) is 10.9. The number of aromatic nitrogens is 4. The smallest absolute Gasteiger partial charge is 0.243 e. The standard InChI is InChI=1S/C15H16BrN5O/c1-3-21-15(18-19-20-21)17-9-12-5-7-14(22-12)11-4-6-13(16)10(2)8-11/h4-8H,3,9H2,1-2H3,(H,17,18,20). The van der Waals surface area contributed by atoms with Crippen molar-refractivity contribution in [1.29, 1.82) is 0 Å². The van der Waals surface area contributed by atoms with Gasteiger partial charge < -0.3 is 9.73 Å². The molecule has 0 radical (unpaired) electrons. The van der Waals surface area contributed by atoms with Gasteiger partial charge in [0.05, 0.1) is 6.54 Å². The zero-order valence-corrected chi connectivity index (χ0v) is 14.0. The molecule has 0 unspecified atom stereocenters. The molecule has 0 bridgehead atoms. The van der Waals surface area contributed by atoms with Gasteiger partial charge in [0, 0.05) is 16.6 Å².